The number of phenols is 1. The molecule has 1 aliphatic carbocycles. The van der Waals surface area contributed by atoms with E-state index in [0.29, 0.717) is 6.61 Å². The molecule has 0 aromatic heterocycles. The summed E-state index contributed by atoms with van der Waals surface area (Å²) in [6, 6.07) is 38.5. The van der Waals surface area contributed by atoms with Gasteiger partial charge in [0.1, 0.15) is 18.1 Å². The number of nitrogens with one attached hydrogen (secondary N) is 1. The average Bonchev–Trinajstić information content (AvgIpc) is 3.58. The normalized spacial score (nSPS) is 12.1. The summed E-state index contributed by atoms with van der Waals surface area (Å²) in [4.78, 5) is 2.60. The lowest BCUT2D eigenvalue weighted by atomic mass is 9.70. The van der Waals surface area contributed by atoms with E-state index in [9.17, 15) is 5.11 Å². The largest absolute Gasteiger partial charge is 0.508 e. The molecule has 0 saturated heterocycles. The highest BCUT2D eigenvalue weighted by Crippen LogP contribution is 2.54. The van der Waals surface area contributed by atoms with Crippen LogP contribution in [-0.4, -0.2) is 37.9 Å². The Balaban J connectivity index is 1.14. The van der Waals surface area contributed by atoms with Gasteiger partial charge in [-0.3, -0.25) is 0 Å². The summed E-state index contributed by atoms with van der Waals surface area (Å²) < 4.78 is 5.74. The fraction of sp³-hybridized carbons (Fsp3) is 0.424. The summed E-state index contributed by atoms with van der Waals surface area (Å²) in [6.07, 6.45) is 18.2. The van der Waals surface area contributed by atoms with Crippen LogP contribution in [0.15, 0.2) is 109 Å². The van der Waals surface area contributed by atoms with E-state index in [1.807, 2.05) is 0 Å². The van der Waals surface area contributed by atoms with Gasteiger partial charge >= 0.3 is 0 Å². The Kier molecular flexibility index (Phi) is 18.7. The standard InChI is InChI=1S/C59H72N2O2/c1-5-9-13-15-42-61(43-16-14-10-6-2)52-29-25-48(26-30-52)22-24-51-28-36-56-55-35-27-50(45-57(55)59(38-11-7-3,39-12-8-4)58(56)46-51)23-21-47-17-19-49(20-18-47)37-40-60-41-44-63-54-33-31-53(62)32-34-54/h17-20,25-36,45-46,60,62H,5-16,37-44H2,1-4H3. The van der Waals surface area contributed by atoms with Crippen molar-refractivity contribution in [3.05, 3.63) is 148 Å². The topological polar surface area (TPSA) is 44.7 Å². The van der Waals surface area contributed by atoms with Crippen LogP contribution in [0, 0.1) is 23.7 Å². The van der Waals surface area contributed by atoms with E-state index in [-0.39, 0.29) is 11.2 Å². The summed E-state index contributed by atoms with van der Waals surface area (Å²) >= 11 is 0. The lowest BCUT2D eigenvalue weighted by Gasteiger charge is -2.33. The van der Waals surface area contributed by atoms with Crippen LogP contribution in [0.2, 0.25) is 0 Å². The number of fused-ring (bicyclic) bond motifs is 3. The molecule has 5 aromatic rings. The molecule has 330 valence electrons. The van der Waals surface area contributed by atoms with Gasteiger partial charge in [0.15, 0.2) is 0 Å². The molecular weight excluding hydrogens is 769 g/mol. The second-order valence-electron chi connectivity index (χ2n) is 17.5. The van der Waals surface area contributed by atoms with Gasteiger partial charge in [0, 0.05) is 53.0 Å². The Labute approximate surface area is 380 Å². The molecule has 0 amide bonds. The minimum atomic E-state index is -0.0429. The van der Waals surface area contributed by atoms with Crippen molar-refractivity contribution >= 4 is 5.69 Å². The molecule has 63 heavy (non-hydrogen) atoms. The average molecular weight is 841 g/mol. The van der Waals surface area contributed by atoms with Gasteiger partial charge in [0.2, 0.25) is 0 Å². The summed E-state index contributed by atoms with van der Waals surface area (Å²) in [6.45, 7) is 13.7. The number of benzene rings is 5. The van der Waals surface area contributed by atoms with Crippen molar-refractivity contribution < 1.29 is 9.84 Å². The Morgan fingerprint density at radius 2 is 1.02 bits per heavy atom. The van der Waals surface area contributed by atoms with E-state index >= 15 is 0 Å². The zero-order chi connectivity index (χ0) is 44.1. The summed E-state index contributed by atoms with van der Waals surface area (Å²) in [7, 11) is 0. The monoisotopic (exact) mass is 841 g/mol. The van der Waals surface area contributed by atoms with Crippen LogP contribution in [0.4, 0.5) is 5.69 Å². The minimum Gasteiger partial charge on any atom is -0.508 e. The van der Waals surface area contributed by atoms with Crippen molar-refractivity contribution in [3.63, 3.8) is 0 Å². The first-order valence-corrected chi connectivity index (χ1v) is 24.4. The van der Waals surface area contributed by atoms with E-state index in [4.69, 9.17) is 4.74 Å². The van der Waals surface area contributed by atoms with Gasteiger partial charge in [-0.05, 0) is 151 Å². The van der Waals surface area contributed by atoms with Crippen molar-refractivity contribution in [2.45, 2.75) is 129 Å². The Hall–Kier alpha value is -5.42. The van der Waals surface area contributed by atoms with Crippen LogP contribution in [-0.2, 0) is 11.8 Å². The van der Waals surface area contributed by atoms with Gasteiger partial charge < -0.3 is 20.1 Å². The van der Waals surface area contributed by atoms with E-state index in [0.717, 1.165) is 73.4 Å². The Morgan fingerprint density at radius 1 is 0.524 bits per heavy atom. The SMILES string of the molecule is CCCCCCN(CCCCCC)c1ccc(C#Cc2ccc3c(c2)C(CCCC)(CCCC)c2cc(C#Cc4ccc(CCNCCOc5ccc(O)cc5)cc4)ccc2-3)cc1. The second kappa shape index (κ2) is 25.0. The highest BCUT2D eigenvalue weighted by Gasteiger charge is 2.42. The smallest absolute Gasteiger partial charge is 0.119 e. The Bertz CT molecular complexity index is 2250. The van der Waals surface area contributed by atoms with Gasteiger partial charge in [-0.25, -0.2) is 0 Å². The third-order valence-electron chi connectivity index (χ3n) is 12.7. The number of ether oxygens (including phenoxy) is 1. The van der Waals surface area contributed by atoms with Crippen LogP contribution in [0.25, 0.3) is 11.1 Å². The fourth-order valence-electron chi connectivity index (χ4n) is 9.04. The molecule has 5 aromatic carbocycles. The first-order chi connectivity index (χ1) is 31.0. The minimum absolute atomic E-state index is 0.0429. The third kappa shape index (κ3) is 13.5. The molecule has 0 fully saturated rings. The maximum Gasteiger partial charge on any atom is 0.119 e. The van der Waals surface area contributed by atoms with E-state index < -0.39 is 0 Å². The molecule has 4 heteroatoms. The molecule has 0 aliphatic heterocycles. The van der Waals surface area contributed by atoms with Crippen molar-refractivity contribution in [1.82, 2.24) is 5.32 Å². The quantitative estimate of drug-likeness (QED) is 0.0480. The maximum atomic E-state index is 9.44. The van der Waals surface area contributed by atoms with Crippen molar-refractivity contribution in [3.8, 4) is 46.3 Å². The van der Waals surface area contributed by atoms with Crippen molar-refractivity contribution in [2.75, 3.05) is 37.7 Å². The van der Waals surface area contributed by atoms with Crippen LogP contribution in [0.5, 0.6) is 11.5 Å². The molecule has 0 bridgehead atoms. The van der Waals surface area contributed by atoms with Gasteiger partial charge in [-0.1, -0.05) is 140 Å². The summed E-state index contributed by atoms with van der Waals surface area (Å²) in [5, 5.41) is 12.9. The molecular formula is C59H72N2O2. The molecule has 0 radical (unpaired) electrons. The van der Waals surface area contributed by atoms with Crippen molar-refractivity contribution in [1.29, 1.82) is 0 Å². The molecule has 0 atom stereocenters. The molecule has 0 unspecified atom stereocenters. The third-order valence-corrected chi connectivity index (χ3v) is 12.7. The molecule has 0 saturated carbocycles. The second-order valence-corrected chi connectivity index (χ2v) is 17.5. The number of phenolic OH excluding ortho intramolecular Hbond substituents is 1. The van der Waals surface area contributed by atoms with Crippen molar-refractivity contribution in [2.24, 2.45) is 0 Å². The van der Waals surface area contributed by atoms with Crippen LogP contribution in [0.1, 0.15) is 157 Å². The number of aromatic hydroxyl groups is 1. The highest BCUT2D eigenvalue weighted by molar-refractivity contribution is 5.82. The molecule has 2 N–H and O–H groups in total. The lowest BCUT2D eigenvalue weighted by Crippen LogP contribution is -2.25. The number of nitrogens with zero attached hydrogens (tertiary/aromatic N) is 1. The number of hydrogen-bond acceptors (Lipinski definition) is 4. The summed E-state index contributed by atoms with van der Waals surface area (Å²) in [5.41, 5.74) is 12.4. The van der Waals surface area contributed by atoms with Gasteiger partial charge in [-0.15, -0.1) is 0 Å². The van der Waals surface area contributed by atoms with Gasteiger partial charge in [-0.2, -0.15) is 0 Å². The molecule has 1 aliphatic rings. The first kappa shape index (κ1) is 47.1. The van der Waals surface area contributed by atoms with E-state index in [1.54, 1.807) is 24.3 Å². The maximum absolute atomic E-state index is 9.44. The molecule has 0 spiro atoms. The zero-order valence-corrected chi connectivity index (χ0v) is 38.8. The van der Waals surface area contributed by atoms with E-state index in [2.05, 4.69) is 147 Å². The predicted molar refractivity (Wildman–Crippen MR) is 267 cm³/mol. The van der Waals surface area contributed by atoms with Crippen LogP contribution in [0.3, 0.4) is 0 Å². The highest BCUT2D eigenvalue weighted by atomic mass is 16.5. The number of anilines is 1. The molecule has 4 nitrogen and oxygen atoms in total. The van der Waals surface area contributed by atoms with Gasteiger partial charge in [0.25, 0.3) is 0 Å². The lowest BCUT2D eigenvalue weighted by molar-refractivity contribution is 0.314. The summed E-state index contributed by atoms with van der Waals surface area (Å²) in [5.74, 6) is 15.2. The fourth-order valence-corrected chi connectivity index (χ4v) is 9.04. The zero-order valence-electron chi connectivity index (χ0n) is 38.8. The molecule has 0 heterocycles. The van der Waals surface area contributed by atoms with Crippen LogP contribution >= 0.6 is 0 Å². The molecule has 6 rings (SSSR count). The Morgan fingerprint density at radius 3 is 1.54 bits per heavy atom. The number of rotatable bonds is 24. The number of unbranched alkanes of at least 4 members (excludes halogenated alkanes) is 8. The first-order valence-electron chi connectivity index (χ1n) is 24.4. The number of hydrogen-bond donors (Lipinski definition) is 2. The predicted octanol–water partition coefficient (Wildman–Crippen LogP) is 14.0. The van der Waals surface area contributed by atoms with Crippen LogP contribution < -0.4 is 15.0 Å². The van der Waals surface area contributed by atoms with Gasteiger partial charge in [0.05, 0.1) is 0 Å². The van der Waals surface area contributed by atoms with E-state index in [1.165, 1.54) is 111 Å².